The van der Waals surface area contributed by atoms with Crippen LogP contribution in [-0.4, -0.2) is 49.1 Å². The van der Waals surface area contributed by atoms with Crippen LogP contribution in [0.4, 0.5) is 5.82 Å². The van der Waals surface area contributed by atoms with E-state index in [0.29, 0.717) is 5.82 Å². The third kappa shape index (κ3) is 3.90. The molecule has 2 rings (SSSR count). The summed E-state index contributed by atoms with van der Waals surface area (Å²) in [5.74, 6) is -0.701. The van der Waals surface area contributed by atoms with Crippen LogP contribution in [-0.2, 0) is 0 Å². The summed E-state index contributed by atoms with van der Waals surface area (Å²) < 4.78 is 0. The molecule has 5 nitrogen and oxygen atoms in total. The number of carboxylic acids is 1. The standard InChI is InChI=1S/C11H14ClN3O2.K/c1-14-4-6-15(7-5-14)9-3-2-8(12)10(13-9)11(16)17;/h2-3H,4-7H2,1H3,(H,16,17);/q;+1/p-1. The van der Waals surface area contributed by atoms with Gasteiger partial charge >= 0.3 is 51.4 Å². The van der Waals surface area contributed by atoms with E-state index in [4.69, 9.17) is 11.6 Å². The molecule has 0 aliphatic carbocycles. The largest absolute Gasteiger partial charge is 1.00 e. The van der Waals surface area contributed by atoms with E-state index >= 15 is 0 Å². The minimum Gasteiger partial charge on any atom is -0.543 e. The molecule has 1 aliphatic rings. The quantitative estimate of drug-likeness (QED) is 0.539. The molecule has 2 heterocycles. The first kappa shape index (κ1) is 16.4. The average Bonchev–Trinajstić information content (AvgIpc) is 2.30. The Morgan fingerprint density at radius 3 is 2.50 bits per heavy atom. The Hall–Kier alpha value is 0.306. The van der Waals surface area contributed by atoms with Gasteiger partial charge in [-0.25, -0.2) is 4.98 Å². The Morgan fingerprint density at radius 1 is 1.33 bits per heavy atom. The minimum atomic E-state index is -1.34. The Bertz CT molecular complexity index is 436. The number of likely N-dealkylation sites (N-methyl/N-ethyl adjacent to an activating group) is 1. The van der Waals surface area contributed by atoms with E-state index in [1.54, 1.807) is 12.1 Å². The van der Waals surface area contributed by atoms with Gasteiger partial charge in [-0.05, 0) is 19.2 Å². The smallest absolute Gasteiger partial charge is 0.543 e. The normalized spacial score (nSPS) is 16.2. The van der Waals surface area contributed by atoms with E-state index in [-0.39, 0.29) is 62.1 Å². The second-order valence-corrected chi connectivity index (χ2v) is 4.48. The van der Waals surface area contributed by atoms with Gasteiger partial charge in [0.05, 0.1) is 11.0 Å². The SMILES string of the molecule is CN1CCN(c2ccc(Cl)c(C(=O)[O-])n2)CC1.[K+]. The number of piperazine rings is 1. The molecule has 0 saturated carbocycles. The van der Waals surface area contributed by atoms with Crippen molar-refractivity contribution in [1.29, 1.82) is 0 Å². The molecule has 1 aromatic heterocycles. The molecule has 1 aliphatic heterocycles. The number of nitrogens with zero attached hydrogens (tertiary/aromatic N) is 3. The van der Waals surface area contributed by atoms with Crippen LogP contribution in [0.15, 0.2) is 12.1 Å². The molecule has 0 unspecified atom stereocenters. The summed E-state index contributed by atoms with van der Waals surface area (Å²) in [6.45, 7) is 3.53. The number of carboxylic acid groups (broad SMARTS) is 1. The second kappa shape index (κ2) is 7.19. The first-order valence-corrected chi connectivity index (χ1v) is 5.77. The van der Waals surface area contributed by atoms with Gasteiger partial charge in [0.25, 0.3) is 0 Å². The van der Waals surface area contributed by atoms with Crippen LogP contribution >= 0.6 is 11.6 Å². The summed E-state index contributed by atoms with van der Waals surface area (Å²) in [6, 6.07) is 3.29. The van der Waals surface area contributed by atoms with Crippen LogP contribution in [0.5, 0.6) is 0 Å². The van der Waals surface area contributed by atoms with Crippen molar-refractivity contribution >= 4 is 23.4 Å². The number of rotatable bonds is 2. The number of hydrogen-bond acceptors (Lipinski definition) is 5. The fourth-order valence-electron chi connectivity index (χ4n) is 1.79. The maximum atomic E-state index is 10.8. The molecular formula is C11H13ClKN3O2. The third-order valence-electron chi connectivity index (χ3n) is 2.85. The first-order valence-electron chi connectivity index (χ1n) is 5.39. The van der Waals surface area contributed by atoms with Crippen molar-refractivity contribution in [3.8, 4) is 0 Å². The van der Waals surface area contributed by atoms with Gasteiger partial charge in [-0.3, -0.25) is 0 Å². The number of carbonyl (C=O) groups excluding carboxylic acids is 1. The maximum Gasteiger partial charge on any atom is 1.00 e. The van der Waals surface area contributed by atoms with E-state index in [9.17, 15) is 9.90 Å². The van der Waals surface area contributed by atoms with E-state index < -0.39 is 5.97 Å². The zero-order valence-electron chi connectivity index (χ0n) is 10.5. The summed E-state index contributed by atoms with van der Waals surface area (Å²) in [6.07, 6.45) is 0. The van der Waals surface area contributed by atoms with Gasteiger partial charge in [-0.2, -0.15) is 0 Å². The monoisotopic (exact) mass is 293 g/mol. The van der Waals surface area contributed by atoms with Crippen LogP contribution in [0.1, 0.15) is 10.5 Å². The Morgan fingerprint density at radius 2 is 1.94 bits per heavy atom. The molecule has 0 radical (unpaired) electrons. The van der Waals surface area contributed by atoms with E-state index in [0.717, 1.165) is 26.2 Å². The fourth-order valence-corrected chi connectivity index (χ4v) is 1.97. The van der Waals surface area contributed by atoms with Crippen LogP contribution < -0.4 is 61.4 Å². The number of aromatic nitrogens is 1. The number of carbonyl (C=O) groups is 1. The van der Waals surface area contributed by atoms with Gasteiger partial charge in [-0.1, -0.05) is 11.6 Å². The van der Waals surface area contributed by atoms with Gasteiger partial charge < -0.3 is 19.7 Å². The molecule has 0 atom stereocenters. The number of pyridine rings is 1. The molecule has 0 aromatic carbocycles. The van der Waals surface area contributed by atoms with Crippen LogP contribution in [0.2, 0.25) is 5.02 Å². The molecule has 0 amide bonds. The van der Waals surface area contributed by atoms with E-state index in [1.165, 1.54) is 0 Å². The van der Waals surface area contributed by atoms with Crippen molar-refractivity contribution in [1.82, 2.24) is 9.88 Å². The summed E-state index contributed by atoms with van der Waals surface area (Å²) in [5, 5.41) is 10.9. The third-order valence-corrected chi connectivity index (χ3v) is 3.16. The van der Waals surface area contributed by atoms with Gasteiger partial charge in [0.1, 0.15) is 11.5 Å². The predicted molar refractivity (Wildman–Crippen MR) is 63.3 cm³/mol. The Labute approximate surface area is 154 Å². The molecule has 1 aromatic rings. The van der Waals surface area contributed by atoms with Gasteiger partial charge in [-0.15, -0.1) is 0 Å². The zero-order chi connectivity index (χ0) is 12.4. The molecule has 0 bridgehead atoms. The second-order valence-electron chi connectivity index (χ2n) is 4.08. The number of anilines is 1. The molecular weight excluding hydrogens is 281 g/mol. The maximum absolute atomic E-state index is 10.8. The predicted octanol–water partition coefficient (Wildman–Crippen LogP) is -3.15. The summed E-state index contributed by atoms with van der Waals surface area (Å²) >= 11 is 5.74. The fraction of sp³-hybridized carbons (Fsp3) is 0.455. The van der Waals surface area contributed by atoms with Crippen LogP contribution in [0, 0.1) is 0 Å². The van der Waals surface area contributed by atoms with Crippen LogP contribution in [0.3, 0.4) is 0 Å². The van der Waals surface area contributed by atoms with E-state index in [2.05, 4.69) is 16.9 Å². The molecule has 1 fully saturated rings. The number of hydrogen-bond donors (Lipinski definition) is 0. The molecule has 92 valence electrons. The molecule has 0 N–H and O–H groups in total. The van der Waals surface area contributed by atoms with Gasteiger partial charge in [0.15, 0.2) is 0 Å². The topological polar surface area (TPSA) is 59.5 Å². The van der Waals surface area contributed by atoms with Gasteiger partial charge in [0.2, 0.25) is 0 Å². The van der Waals surface area contributed by atoms with Crippen molar-refractivity contribution in [2.45, 2.75) is 0 Å². The minimum absolute atomic E-state index is 0. The van der Waals surface area contributed by atoms with E-state index in [1.807, 2.05) is 4.90 Å². The molecule has 1 saturated heterocycles. The number of aromatic carboxylic acids is 1. The Kier molecular flexibility index (Phi) is 6.53. The summed E-state index contributed by atoms with van der Waals surface area (Å²) in [5.41, 5.74) is -0.192. The summed E-state index contributed by atoms with van der Waals surface area (Å²) in [4.78, 5) is 19.1. The molecule has 7 heteroatoms. The van der Waals surface area contributed by atoms with Crippen molar-refractivity contribution < 1.29 is 61.3 Å². The first-order chi connectivity index (χ1) is 8.08. The van der Waals surface area contributed by atoms with Gasteiger partial charge in [0, 0.05) is 26.2 Å². The average molecular weight is 294 g/mol. The van der Waals surface area contributed by atoms with Crippen molar-refractivity contribution in [2.24, 2.45) is 0 Å². The van der Waals surface area contributed by atoms with Crippen molar-refractivity contribution in [2.75, 3.05) is 38.1 Å². The van der Waals surface area contributed by atoms with Crippen molar-refractivity contribution in [3.63, 3.8) is 0 Å². The molecule has 18 heavy (non-hydrogen) atoms. The number of halogens is 1. The van der Waals surface area contributed by atoms with Crippen LogP contribution in [0.25, 0.3) is 0 Å². The zero-order valence-corrected chi connectivity index (χ0v) is 14.4. The summed E-state index contributed by atoms with van der Waals surface area (Å²) in [7, 11) is 2.05. The van der Waals surface area contributed by atoms with Crippen molar-refractivity contribution in [3.05, 3.63) is 22.8 Å². The Balaban J connectivity index is 0.00000162. The molecule has 0 spiro atoms.